The number of likely N-dealkylation sites (N-methyl/N-ethyl adjacent to an activating group) is 1. The lowest BCUT2D eigenvalue weighted by molar-refractivity contribution is -0.145. The summed E-state index contributed by atoms with van der Waals surface area (Å²) in [5.41, 5.74) is -0.969. The number of likely N-dealkylation sites (tertiary alicyclic amines) is 1. The molecule has 1 aliphatic carbocycles. The molecule has 13 heteroatoms. The van der Waals surface area contributed by atoms with Crippen molar-refractivity contribution in [1.82, 2.24) is 19.8 Å². The molecule has 3 heterocycles. The predicted octanol–water partition coefficient (Wildman–Crippen LogP) is 2.45. The summed E-state index contributed by atoms with van der Waals surface area (Å²) >= 11 is 6.91. The van der Waals surface area contributed by atoms with Crippen LogP contribution < -0.4 is 10.6 Å². The minimum atomic E-state index is -4.04. The number of hydrogen-bond acceptors (Lipinski definition) is 7. The number of hydrogen-bond donors (Lipinski definition) is 2. The fourth-order valence-corrected chi connectivity index (χ4v) is 9.48. The van der Waals surface area contributed by atoms with E-state index in [1.54, 1.807) is 20.8 Å². The summed E-state index contributed by atoms with van der Waals surface area (Å²) in [5.74, 6) is -1.42. The number of carbonyl (C=O) groups is 3. The van der Waals surface area contributed by atoms with Crippen molar-refractivity contribution in [1.29, 1.82) is 5.26 Å². The molecule has 214 valence electrons. The first-order chi connectivity index (χ1) is 18.0. The standard InChI is InChI=1S/C26H36ClN5O5S2/c1-25(2,3)21(31(6)39(36,37)18-8-7-17(27)38-18)24(35)32-13-16-19(26(16,4)5)20(32)23(34)30-15(12-28)11-14-9-10-29-22(14)33/h7-8,14-16,19-21H,9-11,13H2,1-6H3,(H,29,33)(H,30,34)/t14-,15-,16-,19-,20-,21+/m0/s1. The second-order valence-electron chi connectivity index (χ2n) is 12.4. The Morgan fingerprint density at radius 3 is 2.54 bits per heavy atom. The molecule has 1 aromatic rings. The van der Waals surface area contributed by atoms with Gasteiger partial charge in [0.15, 0.2) is 0 Å². The summed E-state index contributed by atoms with van der Waals surface area (Å²) in [7, 11) is -2.66. The van der Waals surface area contributed by atoms with Crippen molar-refractivity contribution < 1.29 is 22.8 Å². The molecular weight excluding hydrogens is 562 g/mol. The second-order valence-corrected chi connectivity index (χ2v) is 16.4. The van der Waals surface area contributed by atoms with Gasteiger partial charge in [0.25, 0.3) is 10.0 Å². The molecule has 0 aromatic carbocycles. The van der Waals surface area contributed by atoms with Crippen LogP contribution in [0.25, 0.3) is 0 Å². The monoisotopic (exact) mass is 597 g/mol. The number of halogens is 1. The van der Waals surface area contributed by atoms with Gasteiger partial charge in [-0.3, -0.25) is 14.4 Å². The zero-order valence-electron chi connectivity index (χ0n) is 23.0. The van der Waals surface area contributed by atoms with Gasteiger partial charge < -0.3 is 15.5 Å². The Morgan fingerprint density at radius 2 is 2.03 bits per heavy atom. The highest BCUT2D eigenvalue weighted by Crippen LogP contribution is 2.65. The lowest BCUT2D eigenvalue weighted by atomic mass is 9.85. The Hall–Kier alpha value is -2.20. The smallest absolute Gasteiger partial charge is 0.253 e. The van der Waals surface area contributed by atoms with Crippen LogP contribution in [0.5, 0.6) is 0 Å². The lowest BCUT2D eigenvalue weighted by Crippen LogP contribution is -2.60. The van der Waals surface area contributed by atoms with Crippen molar-refractivity contribution in [3.63, 3.8) is 0 Å². The Labute approximate surface area is 239 Å². The zero-order valence-corrected chi connectivity index (χ0v) is 25.4. The maximum absolute atomic E-state index is 14.2. The van der Waals surface area contributed by atoms with Crippen molar-refractivity contribution in [3.05, 3.63) is 16.5 Å². The Balaban J connectivity index is 1.60. The van der Waals surface area contributed by atoms with Gasteiger partial charge in [-0.05, 0) is 47.6 Å². The molecule has 3 amide bonds. The molecule has 4 rings (SSSR count). The Kier molecular flexibility index (Phi) is 7.88. The quantitative estimate of drug-likeness (QED) is 0.472. The Morgan fingerprint density at radius 1 is 1.36 bits per heavy atom. The molecule has 0 radical (unpaired) electrons. The van der Waals surface area contributed by atoms with Crippen LogP contribution in [0.1, 0.15) is 47.5 Å². The van der Waals surface area contributed by atoms with Gasteiger partial charge in [0, 0.05) is 26.1 Å². The topological polar surface area (TPSA) is 140 Å². The number of piperidine rings is 1. The molecule has 3 fully saturated rings. The van der Waals surface area contributed by atoms with Crippen molar-refractivity contribution in [2.24, 2.45) is 28.6 Å². The first-order valence-electron chi connectivity index (χ1n) is 13.0. The van der Waals surface area contributed by atoms with Crippen molar-refractivity contribution in [2.75, 3.05) is 20.1 Å². The zero-order chi connectivity index (χ0) is 29.1. The molecule has 2 aliphatic heterocycles. The second kappa shape index (κ2) is 10.3. The minimum Gasteiger partial charge on any atom is -0.356 e. The lowest BCUT2D eigenvalue weighted by Gasteiger charge is -2.40. The maximum atomic E-state index is 14.2. The molecule has 2 N–H and O–H groups in total. The van der Waals surface area contributed by atoms with Crippen LogP contribution >= 0.6 is 22.9 Å². The summed E-state index contributed by atoms with van der Waals surface area (Å²) < 4.78 is 28.4. The van der Waals surface area contributed by atoms with E-state index in [0.29, 0.717) is 23.8 Å². The van der Waals surface area contributed by atoms with E-state index < -0.39 is 45.4 Å². The highest BCUT2D eigenvalue weighted by atomic mass is 35.5. The molecule has 10 nitrogen and oxygen atoms in total. The van der Waals surface area contributed by atoms with Crippen LogP contribution in [-0.4, -0.2) is 73.6 Å². The van der Waals surface area contributed by atoms with E-state index in [-0.39, 0.29) is 39.7 Å². The molecule has 39 heavy (non-hydrogen) atoms. The largest absolute Gasteiger partial charge is 0.356 e. The van der Waals surface area contributed by atoms with Gasteiger partial charge in [0.2, 0.25) is 17.7 Å². The van der Waals surface area contributed by atoms with Gasteiger partial charge >= 0.3 is 0 Å². The SMILES string of the molecule is CN([C@H](C(=O)N1C[C@H]2[C@@H]([C@H]1C(=O)N[C@H](C#N)C[C@@H]1CCNC1=O)C2(C)C)C(C)(C)C)S(=O)(=O)c1ccc(Cl)s1. The summed E-state index contributed by atoms with van der Waals surface area (Å²) in [6.07, 6.45) is 0.795. The summed E-state index contributed by atoms with van der Waals surface area (Å²) in [6, 6.07) is 2.19. The molecule has 0 spiro atoms. The fourth-order valence-electron chi connectivity index (χ4n) is 6.31. The third-order valence-corrected chi connectivity index (χ3v) is 12.0. The van der Waals surface area contributed by atoms with Crippen molar-refractivity contribution >= 4 is 50.7 Å². The van der Waals surface area contributed by atoms with Crippen LogP contribution in [0, 0.1) is 39.9 Å². The highest BCUT2D eigenvalue weighted by Gasteiger charge is 2.70. The van der Waals surface area contributed by atoms with E-state index in [9.17, 15) is 28.1 Å². The maximum Gasteiger partial charge on any atom is 0.253 e. The van der Waals surface area contributed by atoms with E-state index >= 15 is 0 Å². The number of fused-ring (bicyclic) bond motifs is 1. The van der Waals surface area contributed by atoms with Gasteiger partial charge in [0.1, 0.15) is 22.3 Å². The number of nitrogens with zero attached hydrogens (tertiary/aromatic N) is 3. The third kappa shape index (κ3) is 5.43. The summed E-state index contributed by atoms with van der Waals surface area (Å²) in [5, 5.41) is 15.3. The van der Waals surface area contributed by atoms with Gasteiger partial charge in [-0.15, -0.1) is 11.3 Å². The van der Waals surface area contributed by atoms with Crippen molar-refractivity contribution in [3.8, 4) is 6.07 Å². The fraction of sp³-hybridized carbons (Fsp3) is 0.692. The third-order valence-electron chi connectivity index (χ3n) is 8.52. The number of carbonyl (C=O) groups excluding carboxylic acids is 3. The van der Waals surface area contributed by atoms with Gasteiger partial charge in [-0.25, -0.2) is 8.42 Å². The van der Waals surface area contributed by atoms with Crippen LogP contribution in [0.3, 0.4) is 0 Å². The number of amides is 3. The van der Waals surface area contributed by atoms with E-state index in [1.165, 1.54) is 24.1 Å². The molecule has 0 unspecified atom stereocenters. The number of nitriles is 1. The Bertz CT molecular complexity index is 1310. The highest BCUT2D eigenvalue weighted by molar-refractivity contribution is 7.91. The van der Waals surface area contributed by atoms with Crippen LogP contribution in [-0.2, 0) is 24.4 Å². The summed E-state index contributed by atoms with van der Waals surface area (Å²) in [4.78, 5) is 41.4. The first kappa shape index (κ1) is 29.8. The van der Waals surface area contributed by atoms with E-state index in [0.717, 1.165) is 15.6 Å². The molecule has 1 aromatic heterocycles. The molecular formula is C26H36ClN5O5S2. The minimum absolute atomic E-state index is 0.0320. The van der Waals surface area contributed by atoms with Gasteiger partial charge in [-0.1, -0.05) is 46.2 Å². The van der Waals surface area contributed by atoms with Crippen molar-refractivity contribution in [2.45, 2.75) is 69.8 Å². The average molecular weight is 598 g/mol. The van der Waals surface area contributed by atoms with Crippen LogP contribution in [0.2, 0.25) is 4.34 Å². The number of nitrogens with one attached hydrogen (secondary N) is 2. The van der Waals surface area contributed by atoms with Crippen LogP contribution in [0.4, 0.5) is 0 Å². The van der Waals surface area contributed by atoms with E-state index in [4.69, 9.17) is 11.6 Å². The molecule has 2 saturated heterocycles. The molecule has 6 atom stereocenters. The van der Waals surface area contributed by atoms with E-state index in [1.807, 2.05) is 13.8 Å². The van der Waals surface area contributed by atoms with E-state index in [2.05, 4.69) is 16.7 Å². The molecule has 0 bridgehead atoms. The number of rotatable bonds is 8. The average Bonchev–Trinajstić information content (AvgIpc) is 3.35. The van der Waals surface area contributed by atoms with Gasteiger partial charge in [-0.2, -0.15) is 9.57 Å². The van der Waals surface area contributed by atoms with Crippen LogP contribution in [0.15, 0.2) is 16.3 Å². The summed E-state index contributed by atoms with van der Waals surface area (Å²) in [6.45, 7) is 10.3. The first-order valence-corrected chi connectivity index (χ1v) is 15.7. The molecule has 1 saturated carbocycles. The van der Waals surface area contributed by atoms with Gasteiger partial charge in [0.05, 0.1) is 10.4 Å². The number of thiophene rings is 1. The predicted molar refractivity (Wildman–Crippen MR) is 147 cm³/mol. The number of sulfonamides is 1. The molecule has 3 aliphatic rings. The normalized spacial score (nSPS) is 27.5.